The Bertz CT molecular complexity index is 1320. The third-order valence-corrected chi connectivity index (χ3v) is 5.64. The van der Waals surface area contributed by atoms with Crippen LogP contribution in [0, 0.1) is 0 Å². The lowest BCUT2D eigenvalue weighted by atomic mass is 10.2. The van der Waals surface area contributed by atoms with Crippen molar-refractivity contribution in [1.29, 1.82) is 0 Å². The van der Waals surface area contributed by atoms with E-state index < -0.39 is 0 Å². The van der Waals surface area contributed by atoms with E-state index in [1.807, 2.05) is 78.9 Å². The van der Waals surface area contributed by atoms with Gasteiger partial charge in [0.25, 0.3) is 5.91 Å². The van der Waals surface area contributed by atoms with E-state index >= 15 is 0 Å². The first-order chi connectivity index (χ1) is 17.6. The van der Waals surface area contributed by atoms with Crippen molar-refractivity contribution >= 4 is 23.7 Å². The highest BCUT2D eigenvalue weighted by molar-refractivity contribution is 6.31. The van der Waals surface area contributed by atoms with Crippen molar-refractivity contribution in [1.82, 2.24) is 5.43 Å². The molecule has 0 heterocycles. The van der Waals surface area contributed by atoms with Crippen LogP contribution in [0.3, 0.4) is 0 Å². The number of nitrogens with zero attached hydrogens (tertiary/aromatic N) is 1. The van der Waals surface area contributed by atoms with Gasteiger partial charge < -0.3 is 14.2 Å². The smallest absolute Gasteiger partial charge is 0.271 e. The average molecular weight is 501 g/mol. The average Bonchev–Trinajstić information content (AvgIpc) is 2.92. The van der Waals surface area contributed by atoms with Crippen molar-refractivity contribution in [2.75, 3.05) is 7.11 Å². The molecule has 0 aliphatic heterocycles. The minimum Gasteiger partial charge on any atom is -0.493 e. The summed E-state index contributed by atoms with van der Waals surface area (Å²) in [5.74, 6) is 1.37. The summed E-state index contributed by atoms with van der Waals surface area (Å²) in [7, 11) is 1.53. The van der Waals surface area contributed by atoms with Gasteiger partial charge in [-0.15, -0.1) is 0 Å². The van der Waals surface area contributed by atoms with Crippen LogP contribution in [0.4, 0.5) is 0 Å². The van der Waals surface area contributed by atoms with Crippen LogP contribution in [-0.2, 0) is 13.2 Å². The largest absolute Gasteiger partial charge is 0.493 e. The van der Waals surface area contributed by atoms with Crippen LogP contribution in [-0.4, -0.2) is 19.2 Å². The summed E-state index contributed by atoms with van der Waals surface area (Å²) in [6, 6.07) is 29.7. The highest BCUT2D eigenvalue weighted by atomic mass is 35.5. The number of carbonyl (C=O) groups excluding carboxylic acids is 1. The number of hydrogen-bond acceptors (Lipinski definition) is 5. The van der Waals surface area contributed by atoms with E-state index in [0.29, 0.717) is 41.0 Å². The molecule has 0 saturated heterocycles. The van der Waals surface area contributed by atoms with E-state index in [0.717, 1.165) is 16.7 Å². The van der Waals surface area contributed by atoms with Gasteiger partial charge in [-0.05, 0) is 59.7 Å². The highest BCUT2D eigenvalue weighted by Crippen LogP contribution is 2.29. The summed E-state index contributed by atoms with van der Waals surface area (Å²) >= 11 is 6.16. The first kappa shape index (κ1) is 24.8. The van der Waals surface area contributed by atoms with Gasteiger partial charge in [0, 0.05) is 16.1 Å². The van der Waals surface area contributed by atoms with E-state index in [4.69, 9.17) is 25.8 Å². The van der Waals surface area contributed by atoms with Gasteiger partial charge >= 0.3 is 0 Å². The maximum atomic E-state index is 12.5. The van der Waals surface area contributed by atoms with E-state index in [1.54, 1.807) is 24.4 Å². The lowest BCUT2D eigenvalue weighted by molar-refractivity contribution is 0.0954. The molecule has 6 nitrogen and oxygen atoms in total. The molecule has 4 rings (SSSR count). The van der Waals surface area contributed by atoms with E-state index in [-0.39, 0.29) is 5.91 Å². The number of ether oxygens (including phenoxy) is 3. The Morgan fingerprint density at radius 1 is 0.861 bits per heavy atom. The number of rotatable bonds is 10. The molecule has 0 aliphatic rings. The van der Waals surface area contributed by atoms with Gasteiger partial charge in [-0.3, -0.25) is 4.79 Å². The van der Waals surface area contributed by atoms with Crippen LogP contribution >= 0.6 is 11.6 Å². The van der Waals surface area contributed by atoms with Crippen molar-refractivity contribution in [2.45, 2.75) is 13.2 Å². The summed E-state index contributed by atoms with van der Waals surface area (Å²) in [4.78, 5) is 12.5. The number of carbonyl (C=O) groups is 1. The quantitative estimate of drug-likeness (QED) is 0.206. The molecule has 0 bridgehead atoms. The Labute approximate surface area is 215 Å². The molecule has 4 aromatic rings. The summed E-state index contributed by atoms with van der Waals surface area (Å²) in [5.41, 5.74) is 5.70. The van der Waals surface area contributed by atoms with Gasteiger partial charge in [0.15, 0.2) is 11.5 Å². The number of amides is 1. The number of methoxy groups -OCH3 is 1. The van der Waals surface area contributed by atoms with E-state index in [1.165, 1.54) is 7.11 Å². The Hall–Kier alpha value is -4.29. The van der Waals surface area contributed by atoms with Crippen molar-refractivity contribution in [3.05, 3.63) is 124 Å². The minimum absolute atomic E-state index is 0.362. The Morgan fingerprint density at radius 2 is 1.61 bits per heavy atom. The van der Waals surface area contributed by atoms with Crippen molar-refractivity contribution in [2.24, 2.45) is 5.10 Å². The van der Waals surface area contributed by atoms with Crippen LogP contribution in [0.2, 0.25) is 5.02 Å². The number of nitrogens with one attached hydrogen (secondary N) is 1. The molecule has 36 heavy (non-hydrogen) atoms. The zero-order valence-corrected chi connectivity index (χ0v) is 20.4. The first-order valence-electron chi connectivity index (χ1n) is 11.3. The molecular weight excluding hydrogens is 476 g/mol. The molecule has 7 heteroatoms. The van der Waals surface area contributed by atoms with E-state index in [9.17, 15) is 4.79 Å². The zero-order chi connectivity index (χ0) is 25.2. The monoisotopic (exact) mass is 500 g/mol. The Kier molecular flexibility index (Phi) is 8.57. The SMILES string of the molecule is COc1cc(C(=O)N/N=C/c2ccc(OCc3ccccc3Cl)cc2)ccc1OCc1ccccc1. The van der Waals surface area contributed by atoms with Gasteiger partial charge in [0.1, 0.15) is 19.0 Å². The summed E-state index contributed by atoms with van der Waals surface area (Å²) in [6.45, 7) is 0.777. The third kappa shape index (κ3) is 6.87. The van der Waals surface area contributed by atoms with Gasteiger partial charge in [-0.1, -0.05) is 60.1 Å². The zero-order valence-electron chi connectivity index (χ0n) is 19.7. The number of halogens is 1. The van der Waals surface area contributed by atoms with Gasteiger partial charge in [0.05, 0.1) is 13.3 Å². The fourth-order valence-electron chi connectivity index (χ4n) is 3.32. The lowest BCUT2D eigenvalue weighted by Gasteiger charge is -2.12. The fraction of sp³-hybridized carbons (Fsp3) is 0.103. The first-order valence-corrected chi connectivity index (χ1v) is 11.6. The van der Waals surface area contributed by atoms with E-state index in [2.05, 4.69) is 10.5 Å². The molecule has 0 spiro atoms. The second-order valence-corrected chi connectivity index (χ2v) is 8.20. The summed E-state index contributed by atoms with van der Waals surface area (Å²) < 4.78 is 17.0. The maximum Gasteiger partial charge on any atom is 0.271 e. The second-order valence-electron chi connectivity index (χ2n) is 7.79. The molecule has 0 radical (unpaired) electrons. The van der Waals surface area contributed by atoms with Crippen LogP contribution in [0.15, 0.2) is 102 Å². The summed E-state index contributed by atoms with van der Waals surface area (Å²) in [6.07, 6.45) is 1.56. The van der Waals surface area contributed by atoms with Crippen molar-refractivity contribution < 1.29 is 19.0 Å². The van der Waals surface area contributed by atoms with Crippen LogP contribution in [0.5, 0.6) is 17.2 Å². The molecule has 1 amide bonds. The standard InChI is InChI=1S/C29H25ClN2O4/c1-34-28-17-23(13-16-27(28)36-19-22-7-3-2-4-8-22)29(33)32-31-18-21-11-14-25(15-12-21)35-20-24-9-5-6-10-26(24)30/h2-18H,19-20H2,1H3,(H,32,33)/b31-18+. The van der Waals surface area contributed by atoms with Crippen molar-refractivity contribution in [3.8, 4) is 17.2 Å². The van der Waals surface area contributed by atoms with Gasteiger partial charge in [-0.25, -0.2) is 5.43 Å². The number of hydrazone groups is 1. The molecule has 0 unspecified atom stereocenters. The molecule has 0 aromatic heterocycles. The molecule has 0 atom stereocenters. The van der Waals surface area contributed by atoms with Gasteiger partial charge in [-0.2, -0.15) is 5.10 Å². The number of benzene rings is 4. The molecular formula is C29H25ClN2O4. The molecule has 182 valence electrons. The molecule has 4 aromatic carbocycles. The van der Waals surface area contributed by atoms with Crippen LogP contribution < -0.4 is 19.6 Å². The third-order valence-electron chi connectivity index (χ3n) is 5.27. The molecule has 0 fully saturated rings. The predicted molar refractivity (Wildman–Crippen MR) is 141 cm³/mol. The van der Waals surface area contributed by atoms with Gasteiger partial charge in [0.2, 0.25) is 0 Å². The predicted octanol–water partition coefficient (Wildman–Crippen LogP) is 6.27. The molecule has 0 saturated carbocycles. The molecule has 0 aliphatic carbocycles. The lowest BCUT2D eigenvalue weighted by Crippen LogP contribution is -2.17. The van der Waals surface area contributed by atoms with Crippen molar-refractivity contribution in [3.63, 3.8) is 0 Å². The molecule has 1 N–H and O–H groups in total. The summed E-state index contributed by atoms with van der Waals surface area (Å²) in [5, 5.41) is 4.72. The Morgan fingerprint density at radius 3 is 2.36 bits per heavy atom. The minimum atomic E-state index is -0.362. The van der Waals surface area contributed by atoms with Crippen LogP contribution in [0.25, 0.3) is 0 Å². The second kappa shape index (κ2) is 12.4. The number of hydrogen-bond donors (Lipinski definition) is 1. The maximum absolute atomic E-state index is 12.5. The normalized spacial score (nSPS) is 10.7. The van der Waals surface area contributed by atoms with Crippen LogP contribution in [0.1, 0.15) is 27.0 Å². The topological polar surface area (TPSA) is 69.2 Å². The Balaban J connectivity index is 1.30. The highest BCUT2D eigenvalue weighted by Gasteiger charge is 2.11. The fourth-order valence-corrected chi connectivity index (χ4v) is 3.51.